The minimum atomic E-state index is -0.901. The third kappa shape index (κ3) is 4.83. The van der Waals surface area contributed by atoms with Crippen molar-refractivity contribution in [3.8, 4) is 0 Å². The highest BCUT2D eigenvalue weighted by molar-refractivity contribution is 6.05. The molecule has 0 aromatic carbocycles. The SMILES string of the molecule is CC(=O)[C@H]1C(=O)N(CC(C)(C)C)C[C@@H]1C(=O)OC(C)(C)C. The van der Waals surface area contributed by atoms with Gasteiger partial charge in [-0.1, -0.05) is 20.8 Å². The van der Waals surface area contributed by atoms with Gasteiger partial charge in [0.05, 0.1) is 5.92 Å². The standard InChI is InChI=1S/C16H27NO4/c1-10(18)12-11(14(20)21-16(5,6)7)8-17(13(12)19)9-15(2,3)4/h11-12H,8-9H2,1-7H3/t11-,12+/m0/s1. The molecule has 1 heterocycles. The van der Waals surface area contributed by atoms with E-state index in [1.54, 1.807) is 25.7 Å². The summed E-state index contributed by atoms with van der Waals surface area (Å²) in [5.74, 6) is -2.59. The number of amides is 1. The van der Waals surface area contributed by atoms with Gasteiger partial charge < -0.3 is 9.64 Å². The fourth-order valence-electron chi connectivity index (χ4n) is 2.56. The van der Waals surface area contributed by atoms with Gasteiger partial charge in [-0.2, -0.15) is 0 Å². The molecule has 0 N–H and O–H groups in total. The molecule has 5 nitrogen and oxygen atoms in total. The van der Waals surface area contributed by atoms with Crippen molar-refractivity contribution in [2.45, 2.75) is 54.1 Å². The Morgan fingerprint density at radius 2 is 1.71 bits per heavy atom. The lowest BCUT2D eigenvalue weighted by molar-refractivity contribution is -0.162. The highest BCUT2D eigenvalue weighted by Crippen LogP contribution is 2.30. The van der Waals surface area contributed by atoms with Gasteiger partial charge in [-0.15, -0.1) is 0 Å². The number of carbonyl (C=O) groups excluding carboxylic acids is 3. The summed E-state index contributed by atoms with van der Waals surface area (Å²) in [6.07, 6.45) is 0. The number of hydrogen-bond acceptors (Lipinski definition) is 4. The Kier molecular flexibility index (Phi) is 4.86. The molecule has 1 fully saturated rings. The number of likely N-dealkylation sites (tertiary alicyclic amines) is 1. The van der Waals surface area contributed by atoms with Crippen LogP contribution in [0.15, 0.2) is 0 Å². The monoisotopic (exact) mass is 297 g/mol. The van der Waals surface area contributed by atoms with E-state index in [9.17, 15) is 14.4 Å². The largest absolute Gasteiger partial charge is 0.460 e. The van der Waals surface area contributed by atoms with Crippen molar-refractivity contribution < 1.29 is 19.1 Å². The van der Waals surface area contributed by atoms with Gasteiger partial charge in [-0.05, 0) is 33.1 Å². The first kappa shape index (κ1) is 17.7. The fourth-order valence-corrected chi connectivity index (χ4v) is 2.56. The van der Waals surface area contributed by atoms with E-state index < -0.39 is 23.4 Å². The summed E-state index contributed by atoms with van der Waals surface area (Å²) >= 11 is 0. The van der Waals surface area contributed by atoms with Crippen molar-refractivity contribution >= 4 is 17.7 Å². The lowest BCUT2D eigenvalue weighted by Gasteiger charge is -2.26. The minimum Gasteiger partial charge on any atom is -0.460 e. The lowest BCUT2D eigenvalue weighted by atomic mass is 9.92. The Morgan fingerprint density at radius 1 is 1.19 bits per heavy atom. The van der Waals surface area contributed by atoms with Crippen LogP contribution < -0.4 is 0 Å². The van der Waals surface area contributed by atoms with Crippen LogP contribution in [-0.4, -0.2) is 41.3 Å². The number of nitrogens with zero attached hydrogens (tertiary/aromatic N) is 1. The van der Waals surface area contributed by atoms with Crippen LogP contribution in [0.4, 0.5) is 0 Å². The highest BCUT2D eigenvalue weighted by atomic mass is 16.6. The summed E-state index contributed by atoms with van der Waals surface area (Å²) in [5, 5.41) is 0. The third-order valence-electron chi connectivity index (χ3n) is 3.21. The Bertz CT molecular complexity index is 442. The summed E-state index contributed by atoms with van der Waals surface area (Å²) in [6.45, 7) is 13.5. The zero-order valence-corrected chi connectivity index (χ0v) is 14.1. The Morgan fingerprint density at radius 3 is 2.10 bits per heavy atom. The second kappa shape index (κ2) is 5.78. The molecular weight excluding hydrogens is 270 g/mol. The third-order valence-corrected chi connectivity index (χ3v) is 3.21. The van der Waals surface area contributed by atoms with E-state index in [2.05, 4.69) is 0 Å². The summed E-state index contributed by atoms with van der Waals surface area (Å²) in [4.78, 5) is 38.1. The molecule has 21 heavy (non-hydrogen) atoms. The number of ether oxygens (including phenoxy) is 1. The Labute approximate surface area is 127 Å². The molecule has 0 saturated carbocycles. The minimum absolute atomic E-state index is 0.0835. The normalized spacial score (nSPS) is 23.4. The number of ketones is 1. The second-order valence-electron chi connectivity index (χ2n) is 8.01. The van der Waals surface area contributed by atoms with Gasteiger partial charge in [-0.25, -0.2) is 0 Å². The summed E-state index contributed by atoms with van der Waals surface area (Å²) < 4.78 is 5.36. The highest BCUT2D eigenvalue weighted by Gasteiger charge is 2.48. The maximum Gasteiger partial charge on any atom is 0.312 e. The van der Waals surface area contributed by atoms with Crippen LogP contribution in [-0.2, 0) is 19.1 Å². The average Bonchev–Trinajstić information content (AvgIpc) is 2.51. The second-order valence-corrected chi connectivity index (χ2v) is 8.01. The first-order valence-corrected chi connectivity index (χ1v) is 7.34. The number of carbonyl (C=O) groups is 3. The van der Waals surface area contributed by atoms with Crippen LogP contribution in [0.1, 0.15) is 48.5 Å². The van der Waals surface area contributed by atoms with E-state index in [1.807, 2.05) is 20.8 Å². The van der Waals surface area contributed by atoms with Gasteiger partial charge in [0.15, 0.2) is 0 Å². The van der Waals surface area contributed by atoms with Gasteiger partial charge in [0.1, 0.15) is 17.3 Å². The fraction of sp³-hybridized carbons (Fsp3) is 0.812. The molecule has 1 aliphatic rings. The molecule has 1 aliphatic heterocycles. The molecule has 0 bridgehead atoms. The van der Waals surface area contributed by atoms with Gasteiger partial charge >= 0.3 is 5.97 Å². The van der Waals surface area contributed by atoms with E-state index in [0.717, 1.165) is 0 Å². The van der Waals surface area contributed by atoms with Gasteiger partial charge in [0.25, 0.3) is 0 Å². The molecule has 0 aromatic rings. The molecule has 1 saturated heterocycles. The predicted octanol–water partition coefficient (Wildman–Crippen LogP) is 2.04. The number of hydrogen-bond donors (Lipinski definition) is 0. The Balaban J connectivity index is 2.95. The number of rotatable bonds is 3. The number of Topliss-reactive ketones (excluding diaryl/α,β-unsaturated/α-hetero) is 1. The van der Waals surface area contributed by atoms with E-state index in [0.29, 0.717) is 6.54 Å². The summed E-state index contributed by atoms with van der Waals surface area (Å²) in [7, 11) is 0. The summed E-state index contributed by atoms with van der Waals surface area (Å²) in [5.41, 5.74) is -0.710. The van der Waals surface area contributed by atoms with Crippen LogP contribution in [0.25, 0.3) is 0 Å². The van der Waals surface area contributed by atoms with E-state index >= 15 is 0 Å². The van der Waals surface area contributed by atoms with Crippen molar-refractivity contribution in [2.75, 3.05) is 13.1 Å². The Hall–Kier alpha value is -1.39. The first-order valence-electron chi connectivity index (χ1n) is 7.34. The molecule has 1 amide bonds. The average molecular weight is 297 g/mol. The van der Waals surface area contributed by atoms with Crippen LogP contribution in [0.2, 0.25) is 0 Å². The molecule has 0 unspecified atom stereocenters. The zero-order valence-electron chi connectivity index (χ0n) is 14.1. The topological polar surface area (TPSA) is 63.7 Å². The summed E-state index contributed by atoms with van der Waals surface area (Å²) in [6, 6.07) is 0. The predicted molar refractivity (Wildman–Crippen MR) is 79.5 cm³/mol. The molecule has 0 radical (unpaired) electrons. The van der Waals surface area contributed by atoms with E-state index in [1.165, 1.54) is 6.92 Å². The van der Waals surface area contributed by atoms with Crippen molar-refractivity contribution in [1.29, 1.82) is 0 Å². The molecular formula is C16H27NO4. The molecule has 0 aliphatic carbocycles. The van der Waals surface area contributed by atoms with Crippen LogP contribution in [0, 0.1) is 17.3 Å². The van der Waals surface area contributed by atoms with Gasteiger partial charge in [0.2, 0.25) is 5.91 Å². The first-order chi connectivity index (χ1) is 9.32. The van der Waals surface area contributed by atoms with Crippen LogP contribution in [0.5, 0.6) is 0 Å². The quantitative estimate of drug-likeness (QED) is 0.590. The van der Waals surface area contributed by atoms with E-state index in [4.69, 9.17) is 4.74 Å². The van der Waals surface area contributed by atoms with Crippen LogP contribution >= 0.6 is 0 Å². The molecule has 120 valence electrons. The van der Waals surface area contributed by atoms with Crippen molar-refractivity contribution in [3.05, 3.63) is 0 Å². The lowest BCUT2D eigenvalue weighted by Crippen LogP contribution is -2.36. The zero-order chi connectivity index (χ0) is 16.6. The van der Waals surface area contributed by atoms with Gasteiger partial charge in [-0.3, -0.25) is 14.4 Å². The maximum absolute atomic E-state index is 12.4. The van der Waals surface area contributed by atoms with Crippen molar-refractivity contribution in [2.24, 2.45) is 17.3 Å². The molecule has 0 spiro atoms. The molecule has 5 heteroatoms. The van der Waals surface area contributed by atoms with Crippen LogP contribution in [0.3, 0.4) is 0 Å². The molecule has 1 rings (SSSR count). The van der Waals surface area contributed by atoms with E-state index in [-0.39, 0.29) is 23.7 Å². The number of esters is 1. The van der Waals surface area contributed by atoms with Crippen molar-refractivity contribution in [3.63, 3.8) is 0 Å². The molecule has 0 aromatic heterocycles. The smallest absolute Gasteiger partial charge is 0.312 e. The maximum atomic E-state index is 12.4. The molecule has 2 atom stereocenters. The van der Waals surface area contributed by atoms with Crippen molar-refractivity contribution in [1.82, 2.24) is 4.90 Å². The van der Waals surface area contributed by atoms with Gasteiger partial charge in [0, 0.05) is 13.1 Å².